The fourth-order valence-electron chi connectivity index (χ4n) is 2.14. The number of halogens is 1. The van der Waals surface area contributed by atoms with Crippen molar-refractivity contribution < 1.29 is 4.74 Å². The van der Waals surface area contributed by atoms with Crippen molar-refractivity contribution in [1.82, 2.24) is 9.97 Å². The SMILES string of the molecule is CCc1nc(N)cc(Oc2ccc(Cl)c3ccccc23)n1. The van der Waals surface area contributed by atoms with E-state index in [1.807, 2.05) is 43.3 Å². The smallest absolute Gasteiger partial charge is 0.224 e. The highest BCUT2D eigenvalue weighted by molar-refractivity contribution is 6.35. The summed E-state index contributed by atoms with van der Waals surface area (Å²) in [5.41, 5.74) is 5.77. The average molecular weight is 300 g/mol. The van der Waals surface area contributed by atoms with E-state index in [2.05, 4.69) is 9.97 Å². The molecule has 21 heavy (non-hydrogen) atoms. The van der Waals surface area contributed by atoms with E-state index in [9.17, 15) is 0 Å². The minimum absolute atomic E-state index is 0.398. The normalized spacial score (nSPS) is 10.8. The number of benzene rings is 2. The molecular weight excluding hydrogens is 286 g/mol. The third kappa shape index (κ3) is 2.76. The van der Waals surface area contributed by atoms with Crippen LogP contribution in [0.25, 0.3) is 10.8 Å². The Labute approximate surface area is 127 Å². The Morgan fingerprint density at radius 2 is 1.86 bits per heavy atom. The second-order valence-electron chi connectivity index (χ2n) is 4.59. The molecule has 0 spiro atoms. The van der Waals surface area contributed by atoms with Crippen LogP contribution < -0.4 is 10.5 Å². The standard InChI is InChI=1S/C16H14ClN3O/c1-2-15-19-14(18)9-16(20-15)21-13-8-7-12(17)10-5-3-4-6-11(10)13/h3-9H,2H2,1H3,(H2,18,19,20). The quantitative estimate of drug-likeness (QED) is 0.786. The minimum atomic E-state index is 0.398. The molecule has 0 saturated heterocycles. The third-order valence-electron chi connectivity index (χ3n) is 3.13. The number of anilines is 1. The van der Waals surface area contributed by atoms with Gasteiger partial charge in [0.25, 0.3) is 0 Å². The van der Waals surface area contributed by atoms with Crippen molar-refractivity contribution in [2.75, 3.05) is 5.73 Å². The molecule has 0 fully saturated rings. The molecule has 5 heteroatoms. The van der Waals surface area contributed by atoms with Crippen molar-refractivity contribution in [2.24, 2.45) is 0 Å². The van der Waals surface area contributed by atoms with Crippen LogP contribution in [-0.2, 0) is 6.42 Å². The number of nitrogens with zero attached hydrogens (tertiary/aromatic N) is 2. The first kappa shape index (κ1) is 13.6. The van der Waals surface area contributed by atoms with Crippen molar-refractivity contribution in [2.45, 2.75) is 13.3 Å². The summed E-state index contributed by atoms with van der Waals surface area (Å²) >= 11 is 6.20. The molecule has 106 valence electrons. The number of rotatable bonds is 3. The molecule has 3 aromatic rings. The van der Waals surface area contributed by atoms with E-state index in [0.717, 1.165) is 10.8 Å². The lowest BCUT2D eigenvalue weighted by atomic mass is 10.1. The van der Waals surface area contributed by atoms with Crippen molar-refractivity contribution >= 4 is 28.2 Å². The highest BCUT2D eigenvalue weighted by Crippen LogP contribution is 2.33. The number of hydrogen-bond donors (Lipinski definition) is 1. The Balaban J connectivity index is 2.06. The predicted octanol–water partition coefficient (Wildman–Crippen LogP) is 4.22. The van der Waals surface area contributed by atoms with Crippen molar-refractivity contribution in [3.8, 4) is 11.6 Å². The zero-order valence-electron chi connectivity index (χ0n) is 11.5. The summed E-state index contributed by atoms with van der Waals surface area (Å²) < 4.78 is 5.88. The number of aryl methyl sites for hydroxylation is 1. The zero-order valence-corrected chi connectivity index (χ0v) is 12.3. The van der Waals surface area contributed by atoms with Crippen LogP contribution in [-0.4, -0.2) is 9.97 Å². The molecule has 2 N–H and O–H groups in total. The number of nitrogens with two attached hydrogens (primary N) is 1. The van der Waals surface area contributed by atoms with E-state index in [1.165, 1.54) is 0 Å². The molecule has 0 atom stereocenters. The molecule has 1 heterocycles. The summed E-state index contributed by atoms with van der Waals surface area (Å²) in [6.07, 6.45) is 0.697. The highest BCUT2D eigenvalue weighted by Gasteiger charge is 2.08. The maximum absolute atomic E-state index is 6.20. The van der Waals surface area contributed by atoms with Crippen LogP contribution in [0.4, 0.5) is 5.82 Å². The molecule has 0 amide bonds. The van der Waals surface area contributed by atoms with Crippen LogP contribution >= 0.6 is 11.6 Å². The third-order valence-corrected chi connectivity index (χ3v) is 3.46. The summed E-state index contributed by atoms with van der Waals surface area (Å²) in [7, 11) is 0. The second kappa shape index (κ2) is 5.58. The van der Waals surface area contributed by atoms with Gasteiger partial charge >= 0.3 is 0 Å². The van der Waals surface area contributed by atoms with Gasteiger partial charge in [0.2, 0.25) is 5.88 Å². The Kier molecular flexibility index (Phi) is 3.62. The topological polar surface area (TPSA) is 61.0 Å². The molecule has 2 aromatic carbocycles. The first-order chi connectivity index (χ1) is 10.2. The van der Waals surface area contributed by atoms with E-state index in [4.69, 9.17) is 22.1 Å². The first-order valence-corrected chi connectivity index (χ1v) is 7.03. The Morgan fingerprint density at radius 3 is 2.62 bits per heavy atom. The fraction of sp³-hybridized carbons (Fsp3) is 0.125. The van der Waals surface area contributed by atoms with Crippen molar-refractivity contribution in [1.29, 1.82) is 0 Å². The Hall–Kier alpha value is -2.33. The lowest BCUT2D eigenvalue weighted by molar-refractivity contribution is 0.464. The number of aromatic nitrogens is 2. The monoisotopic (exact) mass is 299 g/mol. The van der Waals surface area contributed by atoms with Crippen LogP contribution in [0.3, 0.4) is 0 Å². The average Bonchev–Trinajstić information content (AvgIpc) is 2.50. The molecule has 1 aromatic heterocycles. The largest absolute Gasteiger partial charge is 0.438 e. The van der Waals surface area contributed by atoms with Gasteiger partial charge in [0.1, 0.15) is 17.4 Å². The van der Waals surface area contributed by atoms with Gasteiger partial charge in [0.15, 0.2) is 0 Å². The summed E-state index contributed by atoms with van der Waals surface area (Å²) in [6, 6.07) is 13.0. The molecule has 0 saturated carbocycles. The van der Waals surface area contributed by atoms with Crippen molar-refractivity contribution in [3.63, 3.8) is 0 Å². The maximum Gasteiger partial charge on any atom is 0.224 e. The molecule has 3 rings (SSSR count). The Morgan fingerprint density at radius 1 is 1.10 bits per heavy atom. The van der Waals surface area contributed by atoms with Crippen LogP contribution in [0, 0.1) is 0 Å². The van der Waals surface area contributed by atoms with E-state index < -0.39 is 0 Å². The van der Waals surface area contributed by atoms with Gasteiger partial charge in [0.05, 0.1) is 0 Å². The lowest BCUT2D eigenvalue weighted by Crippen LogP contribution is -2.00. The summed E-state index contributed by atoms with van der Waals surface area (Å²) in [5.74, 6) is 2.18. The molecule has 0 aliphatic heterocycles. The summed E-state index contributed by atoms with van der Waals surface area (Å²) in [5, 5.41) is 2.56. The number of nitrogen functional groups attached to an aromatic ring is 1. The molecule has 4 nitrogen and oxygen atoms in total. The number of hydrogen-bond acceptors (Lipinski definition) is 4. The van der Waals surface area contributed by atoms with E-state index in [1.54, 1.807) is 6.07 Å². The molecule has 0 aliphatic carbocycles. The van der Waals surface area contributed by atoms with Crippen LogP contribution in [0.1, 0.15) is 12.7 Å². The van der Waals surface area contributed by atoms with Gasteiger partial charge < -0.3 is 10.5 Å². The van der Waals surface area contributed by atoms with Gasteiger partial charge in [-0.05, 0) is 12.1 Å². The van der Waals surface area contributed by atoms with E-state index in [-0.39, 0.29) is 0 Å². The fourth-order valence-corrected chi connectivity index (χ4v) is 2.37. The van der Waals surface area contributed by atoms with Gasteiger partial charge in [-0.15, -0.1) is 0 Å². The second-order valence-corrected chi connectivity index (χ2v) is 5.00. The van der Waals surface area contributed by atoms with Gasteiger partial charge in [-0.25, -0.2) is 4.98 Å². The lowest BCUT2D eigenvalue weighted by Gasteiger charge is -2.10. The van der Waals surface area contributed by atoms with Gasteiger partial charge in [-0.2, -0.15) is 4.98 Å². The van der Waals surface area contributed by atoms with E-state index in [0.29, 0.717) is 34.7 Å². The van der Waals surface area contributed by atoms with E-state index >= 15 is 0 Å². The minimum Gasteiger partial charge on any atom is -0.438 e. The van der Waals surface area contributed by atoms with Crippen LogP contribution in [0.15, 0.2) is 42.5 Å². The van der Waals surface area contributed by atoms with Crippen LogP contribution in [0.5, 0.6) is 11.6 Å². The molecule has 0 aliphatic rings. The Bertz CT molecular complexity index is 805. The predicted molar refractivity (Wildman–Crippen MR) is 84.9 cm³/mol. The van der Waals surface area contributed by atoms with Gasteiger partial charge in [-0.1, -0.05) is 42.8 Å². The number of ether oxygens (including phenoxy) is 1. The van der Waals surface area contributed by atoms with Crippen molar-refractivity contribution in [3.05, 3.63) is 53.3 Å². The first-order valence-electron chi connectivity index (χ1n) is 6.66. The maximum atomic E-state index is 6.20. The molecule has 0 bridgehead atoms. The number of fused-ring (bicyclic) bond motifs is 1. The van der Waals surface area contributed by atoms with Crippen LogP contribution in [0.2, 0.25) is 5.02 Å². The highest BCUT2D eigenvalue weighted by atomic mass is 35.5. The molecule has 0 unspecified atom stereocenters. The zero-order chi connectivity index (χ0) is 14.8. The molecule has 0 radical (unpaired) electrons. The summed E-state index contributed by atoms with van der Waals surface area (Å²) in [4.78, 5) is 8.47. The summed E-state index contributed by atoms with van der Waals surface area (Å²) in [6.45, 7) is 1.97. The van der Waals surface area contributed by atoms with Gasteiger partial charge in [-0.3, -0.25) is 0 Å². The molecular formula is C16H14ClN3O. The van der Waals surface area contributed by atoms with Gasteiger partial charge in [0, 0.05) is 28.3 Å².